The summed E-state index contributed by atoms with van der Waals surface area (Å²) in [7, 11) is 0. The standard InChI is InChI=1S/C24H23N7O3/c1-2-20-21(34-12-11-33-20)13-17(1)16-26-28-22-15-24(30-7-9-32-10-8-30)31-23(27-22)14-19(29-31)18-3-5-25-6-4-18/h1-6,13-16H,7-12H2,(H,27,28)/b26-16+. The maximum absolute atomic E-state index is 5.65. The van der Waals surface area contributed by atoms with Gasteiger partial charge in [-0.25, -0.2) is 4.98 Å². The topological polar surface area (TPSA) is 98.4 Å². The van der Waals surface area contributed by atoms with Crippen LogP contribution in [0.15, 0.2) is 60.0 Å². The average molecular weight is 457 g/mol. The van der Waals surface area contributed by atoms with Crippen LogP contribution in [-0.4, -0.2) is 65.3 Å². The van der Waals surface area contributed by atoms with Gasteiger partial charge in [0.25, 0.3) is 0 Å². The minimum atomic E-state index is 0.549. The maximum atomic E-state index is 5.65. The second-order valence-electron chi connectivity index (χ2n) is 7.91. The molecule has 172 valence electrons. The molecule has 2 aliphatic rings. The maximum Gasteiger partial charge on any atom is 0.162 e. The fourth-order valence-corrected chi connectivity index (χ4v) is 4.01. The summed E-state index contributed by atoms with van der Waals surface area (Å²) in [6, 6.07) is 13.5. The molecule has 10 nitrogen and oxygen atoms in total. The van der Waals surface area contributed by atoms with E-state index in [1.807, 2.05) is 47.0 Å². The van der Waals surface area contributed by atoms with Crippen LogP contribution < -0.4 is 19.8 Å². The summed E-state index contributed by atoms with van der Waals surface area (Å²) in [4.78, 5) is 11.1. The van der Waals surface area contributed by atoms with Crippen LogP contribution in [0, 0.1) is 0 Å². The minimum Gasteiger partial charge on any atom is -0.486 e. The summed E-state index contributed by atoms with van der Waals surface area (Å²) in [6.45, 7) is 4.03. The third-order valence-electron chi connectivity index (χ3n) is 5.68. The number of hydrogen-bond donors (Lipinski definition) is 1. The van der Waals surface area contributed by atoms with Gasteiger partial charge in [0.15, 0.2) is 23.0 Å². The van der Waals surface area contributed by atoms with Gasteiger partial charge in [0.2, 0.25) is 0 Å². The lowest BCUT2D eigenvalue weighted by molar-refractivity contribution is 0.122. The number of benzene rings is 1. The number of morpholine rings is 1. The van der Waals surface area contributed by atoms with Crippen molar-refractivity contribution in [2.24, 2.45) is 5.10 Å². The lowest BCUT2D eigenvalue weighted by atomic mass is 10.2. The Morgan fingerprint density at radius 1 is 0.912 bits per heavy atom. The molecule has 34 heavy (non-hydrogen) atoms. The first-order chi connectivity index (χ1) is 16.8. The van der Waals surface area contributed by atoms with E-state index < -0.39 is 0 Å². The summed E-state index contributed by atoms with van der Waals surface area (Å²) in [5.74, 6) is 3.05. The Kier molecular flexibility index (Phi) is 5.40. The van der Waals surface area contributed by atoms with Crippen LogP contribution in [0.2, 0.25) is 0 Å². The molecule has 0 bridgehead atoms. The Morgan fingerprint density at radius 3 is 2.59 bits per heavy atom. The molecule has 3 aromatic heterocycles. The Morgan fingerprint density at radius 2 is 1.74 bits per heavy atom. The van der Waals surface area contributed by atoms with E-state index in [-0.39, 0.29) is 0 Å². The second kappa shape index (κ2) is 8.99. The monoisotopic (exact) mass is 457 g/mol. The molecule has 4 aromatic rings. The normalized spacial score (nSPS) is 15.7. The molecule has 1 saturated heterocycles. The van der Waals surface area contributed by atoms with Gasteiger partial charge in [-0.05, 0) is 35.9 Å². The molecule has 10 heteroatoms. The van der Waals surface area contributed by atoms with E-state index in [1.54, 1.807) is 18.6 Å². The van der Waals surface area contributed by atoms with E-state index in [1.165, 1.54) is 0 Å². The van der Waals surface area contributed by atoms with Crippen molar-refractivity contribution in [2.45, 2.75) is 0 Å². The van der Waals surface area contributed by atoms with Gasteiger partial charge in [-0.3, -0.25) is 10.4 Å². The molecule has 0 unspecified atom stereocenters. The number of pyridine rings is 1. The van der Waals surface area contributed by atoms with Crippen molar-refractivity contribution in [1.82, 2.24) is 19.6 Å². The first kappa shape index (κ1) is 20.4. The van der Waals surface area contributed by atoms with Gasteiger partial charge in [0.1, 0.15) is 19.0 Å². The molecule has 1 N–H and O–H groups in total. The molecular weight excluding hydrogens is 434 g/mol. The van der Waals surface area contributed by atoms with Crippen molar-refractivity contribution in [3.63, 3.8) is 0 Å². The quantitative estimate of drug-likeness (QED) is 0.361. The molecule has 0 saturated carbocycles. The number of anilines is 2. The lowest BCUT2D eigenvalue weighted by Crippen LogP contribution is -2.37. The van der Waals surface area contributed by atoms with Crippen molar-refractivity contribution in [3.8, 4) is 22.8 Å². The highest BCUT2D eigenvalue weighted by Gasteiger charge is 2.18. The number of nitrogens with one attached hydrogen (secondary N) is 1. The molecule has 6 rings (SSSR count). The van der Waals surface area contributed by atoms with Crippen LogP contribution in [0.3, 0.4) is 0 Å². The van der Waals surface area contributed by atoms with E-state index in [2.05, 4.69) is 20.4 Å². The molecule has 0 aliphatic carbocycles. The lowest BCUT2D eigenvalue weighted by Gasteiger charge is -2.29. The predicted molar refractivity (Wildman–Crippen MR) is 128 cm³/mol. The molecule has 1 aromatic carbocycles. The molecule has 1 fully saturated rings. The van der Waals surface area contributed by atoms with Gasteiger partial charge in [-0.1, -0.05) is 0 Å². The SMILES string of the molecule is C(=N\Nc1cc(N2CCOCC2)n2nc(-c3ccncc3)cc2n1)/c1ccc2c(c1)OCCO2. The summed E-state index contributed by atoms with van der Waals surface area (Å²) in [6.07, 6.45) is 5.25. The van der Waals surface area contributed by atoms with Crippen molar-refractivity contribution in [3.05, 3.63) is 60.4 Å². The largest absolute Gasteiger partial charge is 0.486 e. The van der Waals surface area contributed by atoms with Crippen molar-refractivity contribution >= 4 is 23.5 Å². The third kappa shape index (κ3) is 4.11. The molecular formula is C24H23N7O3. The van der Waals surface area contributed by atoms with Crippen LogP contribution in [0.25, 0.3) is 16.9 Å². The number of hydrazone groups is 1. The van der Waals surface area contributed by atoms with Gasteiger partial charge >= 0.3 is 0 Å². The zero-order chi connectivity index (χ0) is 22.7. The fourth-order valence-electron chi connectivity index (χ4n) is 4.01. The van der Waals surface area contributed by atoms with Crippen LogP contribution in [0.5, 0.6) is 11.5 Å². The van der Waals surface area contributed by atoms with Crippen LogP contribution in [0.1, 0.15) is 5.56 Å². The smallest absolute Gasteiger partial charge is 0.162 e. The van der Waals surface area contributed by atoms with E-state index in [0.29, 0.717) is 32.2 Å². The summed E-state index contributed by atoms with van der Waals surface area (Å²) in [5.41, 5.74) is 6.52. The second-order valence-corrected chi connectivity index (χ2v) is 7.91. The van der Waals surface area contributed by atoms with E-state index in [0.717, 1.165) is 52.9 Å². The fraction of sp³-hybridized carbons (Fsp3) is 0.250. The zero-order valence-electron chi connectivity index (χ0n) is 18.4. The summed E-state index contributed by atoms with van der Waals surface area (Å²) >= 11 is 0. The number of ether oxygens (including phenoxy) is 3. The Labute approximate surface area is 195 Å². The van der Waals surface area contributed by atoms with Crippen LogP contribution in [-0.2, 0) is 4.74 Å². The van der Waals surface area contributed by atoms with Gasteiger partial charge in [-0.2, -0.15) is 14.7 Å². The highest BCUT2D eigenvalue weighted by atomic mass is 16.6. The number of hydrogen-bond acceptors (Lipinski definition) is 9. The van der Waals surface area contributed by atoms with Crippen LogP contribution in [0.4, 0.5) is 11.6 Å². The van der Waals surface area contributed by atoms with Crippen molar-refractivity contribution in [1.29, 1.82) is 0 Å². The molecule has 0 spiro atoms. The van der Waals surface area contributed by atoms with Crippen LogP contribution >= 0.6 is 0 Å². The molecule has 0 radical (unpaired) electrons. The Balaban J connectivity index is 1.31. The molecule has 0 amide bonds. The first-order valence-electron chi connectivity index (χ1n) is 11.2. The molecule has 5 heterocycles. The van der Waals surface area contributed by atoms with Gasteiger partial charge in [0.05, 0.1) is 25.1 Å². The average Bonchev–Trinajstić information content (AvgIpc) is 3.33. The highest BCUT2D eigenvalue weighted by Crippen LogP contribution is 2.30. The molecule has 2 aliphatic heterocycles. The Hall–Kier alpha value is -4.18. The van der Waals surface area contributed by atoms with Gasteiger partial charge < -0.3 is 19.1 Å². The number of fused-ring (bicyclic) bond motifs is 2. The van der Waals surface area contributed by atoms with E-state index in [4.69, 9.17) is 24.3 Å². The van der Waals surface area contributed by atoms with E-state index >= 15 is 0 Å². The first-order valence-corrected chi connectivity index (χ1v) is 11.2. The Bertz CT molecular complexity index is 1330. The number of aromatic nitrogens is 4. The van der Waals surface area contributed by atoms with E-state index in [9.17, 15) is 0 Å². The molecule has 0 atom stereocenters. The van der Waals surface area contributed by atoms with Gasteiger partial charge in [0, 0.05) is 43.2 Å². The van der Waals surface area contributed by atoms with Crippen molar-refractivity contribution in [2.75, 3.05) is 49.8 Å². The third-order valence-corrected chi connectivity index (χ3v) is 5.68. The summed E-state index contributed by atoms with van der Waals surface area (Å²) in [5, 5.41) is 9.22. The minimum absolute atomic E-state index is 0.549. The zero-order valence-corrected chi connectivity index (χ0v) is 18.4. The predicted octanol–water partition coefficient (Wildman–Crippen LogP) is 2.85. The summed E-state index contributed by atoms with van der Waals surface area (Å²) < 4.78 is 18.6. The van der Waals surface area contributed by atoms with Crippen molar-refractivity contribution < 1.29 is 14.2 Å². The number of nitrogens with zero attached hydrogens (tertiary/aromatic N) is 6. The number of rotatable bonds is 5. The highest BCUT2D eigenvalue weighted by molar-refractivity contribution is 5.81. The van der Waals surface area contributed by atoms with Gasteiger partial charge in [-0.15, -0.1) is 0 Å².